The van der Waals surface area contributed by atoms with Crippen LogP contribution < -0.4 is 10.9 Å². The fourth-order valence-electron chi connectivity index (χ4n) is 1.73. The maximum absolute atomic E-state index is 11.9. The molecular weight excluding hydrogens is 310 g/mol. The van der Waals surface area contributed by atoms with Gasteiger partial charge in [-0.3, -0.25) is 29.6 Å². The summed E-state index contributed by atoms with van der Waals surface area (Å²) in [7, 11) is 0. The molecule has 0 bridgehead atoms. The molecule has 0 aromatic carbocycles. The highest BCUT2D eigenvalue weighted by molar-refractivity contribution is 7.15. The lowest BCUT2D eigenvalue weighted by molar-refractivity contribution is -0.385. The Hall–Kier alpha value is -2.62. The average Bonchev–Trinajstić information content (AvgIpc) is 2.89. The van der Waals surface area contributed by atoms with Crippen LogP contribution in [-0.4, -0.2) is 25.6 Å². The second kappa shape index (κ2) is 6.43. The molecule has 1 amide bonds. The fourth-order valence-corrected chi connectivity index (χ4v) is 2.43. The Labute approximate surface area is 128 Å². The second-order valence-corrected chi connectivity index (χ2v) is 5.53. The third-order valence-corrected chi connectivity index (χ3v) is 3.81. The van der Waals surface area contributed by atoms with Crippen molar-refractivity contribution in [3.63, 3.8) is 0 Å². The molecule has 2 aromatic rings. The van der Waals surface area contributed by atoms with Crippen molar-refractivity contribution in [1.82, 2.24) is 14.8 Å². The van der Waals surface area contributed by atoms with Gasteiger partial charge in [-0.1, -0.05) is 18.3 Å². The number of carbonyl (C=O) groups excluding carboxylic acids is 1. The summed E-state index contributed by atoms with van der Waals surface area (Å²) >= 11 is 1.24. The predicted molar refractivity (Wildman–Crippen MR) is 80.0 cm³/mol. The molecule has 0 spiro atoms. The van der Waals surface area contributed by atoms with Crippen molar-refractivity contribution >= 4 is 28.1 Å². The molecule has 22 heavy (non-hydrogen) atoms. The van der Waals surface area contributed by atoms with Gasteiger partial charge in [-0.2, -0.15) is 0 Å². The van der Waals surface area contributed by atoms with Gasteiger partial charge in [0.15, 0.2) is 0 Å². The Morgan fingerprint density at radius 1 is 1.50 bits per heavy atom. The van der Waals surface area contributed by atoms with Crippen LogP contribution in [0.1, 0.15) is 17.5 Å². The molecule has 0 atom stereocenters. The molecule has 116 valence electrons. The summed E-state index contributed by atoms with van der Waals surface area (Å²) in [6.07, 6.45) is 1.77. The first kappa shape index (κ1) is 15.8. The largest absolute Gasteiger partial charge is 0.299 e. The van der Waals surface area contributed by atoms with E-state index in [1.807, 2.05) is 6.92 Å². The molecule has 1 N–H and O–H groups in total. The quantitative estimate of drug-likeness (QED) is 0.650. The topological polar surface area (TPSA) is 120 Å². The van der Waals surface area contributed by atoms with E-state index in [-0.39, 0.29) is 17.8 Å². The number of nitrogens with zero attached hydrogens (tertiary/aromatic N) is 4. The predicted octanol–water partition coefficient (Wildman–Crippen LogP) is 1.12. The minimum atomic E-state index is -0.596. The number of carbonyl (C=O) groups is 1. The molecule has 0 aliphatic carbocycles. The van der Waals surface area contributed by atoms with Gasteiger partial charge in [-0.15, -0.1) is 10.2 Å². The fraction of sp³-hybridized carbons (Fsp3) is 0.333. The Morgan fingerprint density at radius 2 is 2.23 bits per heavy atom. The minimum Gasteiger partial charge on any atom is -0.299 e. The minimum absolute atomic E-state index is 0.211. The molecular formula is C12H13N5O4S. The summed E-state index contributed by atoms with van der Waals surface area (Å²) in [6.45, 7) is 3.05. The first-order valence-electron chi connectivity index (χ1n) is 6.38. The van der Waals surface area contributed by atoms with E-state index in [9.17, 15) is 19.7 Å². The molecule has 2 rings (SSSR count). The molecule has 0 radical (unpaired) electrons. The van der Waals surface area contributed by atoms with E-state index in [0.29, 0.717) is 11.6 Å². The number of pyridine rings is 1. The summed E-state index contributed by atoms with van der Waals surface area (Å²) in [4.78, 5) is 34.0. The van der Waals surface area contributed by atoms with Crippen molar-refractivity contribution in [2.45, 2.75) is 26.8 Å². The van der Waals surface area contributed by atoms with Crippen LogP contribution in [0.2, 0.25) is 0 Å². The Morgan fingerprint density at radius 3 is 2.82 bits per heavy atom. The molecule has 0 unspecified atom stereocenters. The lowest BCUT2D eigenvalue weighted by Crippen LogP contribution is -2.27. The summed E-state index contributed by atoms with van der Waals surface area (Å²) < 4.78 is 0.988. The number of rotatable bonds is 5. The maximum Gasteiger partial charge on any atom is 0.288 e. The van der Waals surface area contributed by atoms with Crippen LogP contribution in [0.15, 0.2) is 17.1 Å². The van der Waals surface area contributed by atoms with Crippen molar-refractivity contribution in [3.05, 3.63) is 43.3 Å². The highest BCUT2D eigenvalue weighted by Gasteiger charge is 2.15. The van der Waals surface area contributed by atoms with Crippen LogP contribution in [-0.2, 0) is 17.8 Å². The van der Waals surface area contributed by atoms with E-state index >= 15 is 0 Å². The zero-order valence-electron chi connectivity index (χ0n) is 11.9. The van der Waals surface area contributed by atoms with Gasteiger partial charge in [0.25, 0.3) is 11.2 Å². The van der Waals surface area contributed by atoms with Gasteiger partial charge in [0, 0.05) is 11.6 Å². The third kappa shape index (κ3) is 3.52. The molecule has 0 aliphatic heterocycles. The van der Waals surface area contributed by atoms with Crippen molar-refractivity contribution in [1.29, 1.82) is 0 Å². The summed E-state index contributed by atoms with van der Waals surface area (Å²) in [5.41, 5.74) is -0.440. The van der Waals surface area contributed by atoms with Crippen LogP contribution >= 0.6 is 11.3 Å². The number of nitro groups is 1. The molecule has 2 heterocycles. The lowest BCUT2D eigenvalue weighted by atomic mass is 10.2. The zero-order chi connectivity index (χ0) is 16.3. The number of aryl methyl sites for hydroxylation is 2. The van der Waals surface area contributed by atoms with Crippen LogP contribution in [0.4, 0.5) is 10.8 Å². The average molecular weight is 323 g/mol. The molecule has 10 heteroatoms. The van der Waals surface area contributed by atoms with E-state index in [4.69, 9.17) is 0 Å². The smallest absolute Gasteiger partial charge is 0.288 e. The van der Waals surface area contributed by atoms with Crippen LogP contribution in [0.25, 0.3) is 0 Å². The van der Waals surface area contributed by atoms with E-state index in [2.05, 4.69) is 15.5 Å². The van der Waals surface area contributed by atoms with Crippen LogP contribution in [0, 0.1) is 17.0 Å². The standard InChI is InChI=1S/C12H13N5O4S/c1-3-10-14-15-12(22-10)13-9(18)6-16-5-8(17(20)21)7(2)4-11(16)19/h4-5H,3,6H2,1-2H3,(H,13,15,18). The zero-order valence-corrected chi connectivity index (χ0v) is 12.7. The van der Waals surface area contributed by atoms with E-state index in [0.717, 1.165) is 21.8 Å². The normalized spacial score (nSPS) is 10.5. The van der Waals surface area contributed by atoms with Crippen molar-refractivity contribution < 1.29 is 9.72 Å². The molecule has 0 saturated carbocycles. The van der Waals surface area contributed by atoms with Crippen molar-refractivity contribution in [3.8, 4) is 0 Å². The maximum atomic E-state index is 11.9. The number of amides is 1. The van der Waals surface area contributed by atoms with Gasteiger partial charge < -0.3 is 0 Å². The number of aromatic nitrogens is 3. The number of anilines is 1. The van der Waals surface area contributed by atoms with Gasteiger partial charge in [0.05, 0.1) is 11.1 Å². The third-order valence-electron chi connectivity index (χ3n) is 2.83. The van der Waals surface area contributed by atoms with Gasteiger partial charge >= 0.3 is 0 Å². The first-order chi connectivity index (χ1) is 10.4. The molecule has 0 fully saturated rings. The SMILES string of the molecule is CCc1nnc(NC(=O)Cn2cc([N+](=O)[O-])c(C)cc2=O)s1. The molecule has 0 saturated heterocycles. The Kier molecular flexibility index (Phi) is 4.61. The van der Waals surface area contributed by atoms with E-state index in [1.54, 1.807) is 0 Å². The van der Waals surface area contributed by atoms with Crippen molar-refractivity contribution in [2.24, 2.45) is 0 Å². The van der Waals surface area contributed by atoms with E-state index in [1.165, 1.54) is 18.3 Å². The van der Waals surface area contributed by atoms with E-state index < -0.39 is 16.4 Å². The van der Waals surface area contributed by atoms with Crippen LogP contribution in [0.5, 0.6) is 0 Å². The summed E-state index contributed by atoms with van der Waals surface area (Å²) in [5, 5.41) is 22.1. The van der Waals surface area contributed by atoms with Gasteiger partial charge in [-0.05, 0) is 13.3 Å². The monoisotopic (exact) mass is 323 g/mol. The number of hydrogen-bond acceptors (Lipinski definition) is 7. The lowest BCUT2D eigenvalue weighted by Gasteiger charge is -2.06. The van der Waals surface area contributed by atoms with Gasteiger partial charge in [0.1, 0.15) is 11.6 Å². The van der Waals surface area contributed by atoms with Crippen molar-refractivity contribution in [2.75, 3.05) is 5.32 Å². The van der Waals surface area contributed by atoms with Gasteiger partial charge in [-0.25, -0.2) is 0 Å². The highest BCUT2D eigenvalue weighted by Crippen LogP contribution is 2.16. The Bertz CT molecular complexity index is 782. The van der Waals surface area contributed by atoms with Gasteiger partial charge in [0.2, 0.25) is 11.0 Å². The second-order valence-electron chi connectivity index (χ2n) is 4.47. The molecule has 2 aromatic heterocycles. The summed E-state index contributed by atoms with van der Waals surface area (Å²) in [6, 6.07) is 1.13. The van der Waals surface area contributed by atoms with Crippen LogP contribution in [0.3, 0.4) is 0 Å². The number of hydrogen-bond donors (Lipinski definition) is 1. The Balaban J connectivity index is 2.16. The molecule has 0 aliphatic rings. The first-order valence-corrected chi connectivity index (χ1v) is 7.20. The highest BCUT2D eigenvalue weighted by atomic mass is 32.1. The summed E-state index contributed by atoms with van der Waals surface area (Å²) in [5.74, 6) is -0.501. The molecule has 9 nitrogen and oxygen atoms in total. The number of nitrogens with one attached hydrogen (secondary N) is 1.